The highest BCUT2D eigenvalue weighted by atomic mass is 127. The van der Waals surface area contributed by atoms with E-state index in [0.29, 0.717) is 0 Å². The van der Waals surface area contributed by atoms with Crippen molar-refractivity contribution in [2.45, 2.75) is 32.2 Å². The molecule has 8 heteroatoms. The molecule has 0 radical (unpaired) electrons. The van der Waals surface area contributed by atoms with Crippen molar-refractivity contribution >= 4 is 47.4 Å². The minimum absolute atomic E-state index is 0. The number of benzene rings is 1. The van der Waals surface area contributed by atoms with E-state index in [-0.39, 0.29) is 35.8 Å². The zero-order valence-corrected chi connectivity index (χ0v) is 20.0. The summed E-state index contributed by atoms with van der Waals surface area (Å²) in [7, 11) is 3.84. The summed E-state index contributed by atoms with van der Waals surface area (Å²) in [6, 6.07) is 7.89. The monoisotopic (exact) mass is 521 g/mol. The van der Waals surface area contributed by atoms with E-state index in [2.05, 4.69) is 20.1 Å². The molecule has 0 atom stereocenters. The minimum Gasteiger partial charge on any atom is -0.369 e. The van der Waals surface area contributed by atoms with E-state index in [1.54, 1.807) is 0 Å². The first-order valence-corrected chi connectivity index (χ1v) is 10.0. The Bertz CT molecular complexity index is 618. The molecule has 6 nitrogen and oxygen atoms in total. The van der Waals surface area contributed by atoms with Crippen molar-refractivity contribution in [3.05, 3.63) is 34.9 Å². The van der Waals surface area contributed by atoms with E-state index in [9.17, 15) is 4.79 Å². The zero-order valence-electron chi connectivity index (χ0n) is 16.9. The van der Waals surface area contributed by atoms with Gasteiger partial charge in [-0.1, -0.05) is 23.7 Å². The van der Waals surface area contributed by atoms with Crippen molar-refractivity contribution in [3.8, 4) is 0 Å². The Morgan fingerprint density at radius 3 is 2.50 bits per heavy atom. The van der Waals surface area contributed by atoms with Crippen molar-refractivity contribution < 1.29 is 4.79 Å². The average Bonchev–Trinajstić information content (AvgIpc) is 2.66. The van der Waals surface area contributed by atoms with Crippen LogP contribution in [0.15, 0.2) is 29.3 Å². The second kappa shape index (κ2) is 13.2. The molecular weight excluding hydrogens is 489 g/mol. The Balaban J connectivity index is 0.00000392. The number of likely N-dealkylation sites (tertiary alicyclic amines) is 1. The van der Waals surface area contributed by atoms with Crippen LogP contribution < -0.4 is 11.1 Å². The number of nitrogens with two attached hydrogens (primary N) is 1. The van der Waals surface area contributed by atoms with Crippen molar-refractivity contribution in [1.82, 2.24) is 15.1 Å². The highest BCUT2D eigenvalue weighted by Gasteiger charge is 2.22. The fourth-order valence-corrected chi connectivity index (χ4v) is 3.55. The standard InChI is InChI=1S/C20H32ClN5O.HI/c1-23-20(25(2)15-16-5-7-18(21)8-6-16)24-11-3-4-12-26-13-9-17(10-14-26)19(22)27;/h5-8,17H,3-4,9-15H2,1-2H3,(H2,22,27)(H,23,24);1H. The van der Waals surface area contributed by atoms with E-state index < -0.39 is 0 Å². The molecule has 1 amide bonds. The van der Waals surface area contributed by atoms with Crippen LogP contribution in [-0.4, -0.2) is 61.9 Å². The van der Waals surface area contributed by atoms with Gasteiger partial charge < -0.3 is 20.9 Å². The number of nitrogens with zero attached hydrogens (tertiary/aromatic N) is 3. The number of hydrogen-bond donors (Lipinski definition) is 2. The molecule has 1 aliphatic heterocycles. The minimum atomic E-state index is -0.145. The van der Waals surface area contributed by atoms with Crippen LogP contribution in [0.2, 0.25) is 5.02 Å². The predicted octanol–water partition coefficient (Wildman–Crippen LogP) is 2.94. The summed E-state index contributed by atoms with van der Waals surface area (Å²) in [6.45, 7) is 4.71. The van der Waals surface area contributed by atoms with Crippen LogP contribution in [0.5, 0.6) is 0 Å². The summed E-state index contributed by atoms with van der Waals surface area (Å²) in [5.41, 5.74) is 6.58. The quantitative estimate of drug-likeness (QED) is 0.239. The Hall–Kier alpha value is -1.06. The molecular formula is C20H33ClIN5O. The molecule has 1 aromatic rings. The average molecular weight is 522 g/mol. The molecule has 0 aromatic heterocycles. The summed E-state index contributed by atoms with van der Waals surface area (Å²) in [4.78, 5) is 20.1. The van der Waals surface area contributed by atoms with Crippen LogP contribution in [0.3, 0.4) is 0 Å². The Kier molecular flexibility index (Phi) is 11.8. The lowest BCUT2D eigenvalue weighted by Gasteiger charge is -2.30. The first kappa shape index (κ1) is 25.0. The van der Waals surface area contributed by atoms with Gasteiger partial charge in [0, 0.05) is 38.1 Å². The number of carbonyl (C=O) groups excluding carboxylic acids is 1. The highest BCUT2D eigenvalue weighted by molar-refractivity contribution is 14.0. The van der Waals surface area contributed by atoms with Crippen molar-refractivity contribution in [2.24, 2.45) is 16.6 Å². The van der Waals surface area contributed by atoms with E-state index in [1.807, 2.05) is 38.4 Å². The van der Waals surface area contributed by atoms with Gasteiger partial charge >= 0.3 is 0 Å². The molecule has 0 aliphatic carbocycles. The normalized spacial score (nSPS) is 15.8. The van der Waals surface area contributed by atoms with Crippen LogP contribution >= 0.6 is 35.6 Å². The molecule has 1 aromatic carbocycles. The second-order valence-corrected chi connectivity index (χ2v) is 7.62. The second-order valence-electron chi connectivity index (χ2n) is 7.18. The molecule has 0 unspecified atom stereocenters. The lowest BCUT2D eigenvalue weighted by atomic mass is 9.96. The molecule has 1 heterocycles. The highest BCUT2D eigenvalue weighted by Crippen LogP contribution is 2.16. The molecule has 28 heavy (non-hydrogen) atoms. The van der Waals surface area contributed by atoms with E-state index in [1.165, 1.54) is 5.56 Å². The molecule has 0 spiro atoms. The number of rotatable bonds is 8. The lowest BCUT2D eigenvalue weighted by Crippen LogP contribution is -2.40. The number of guanidine groups is 1. The molecule has 1 saturated heterocycles. The molecule has 0 saturated carbocycles. The van der Waals surface area contributed by atoms with Crippen molar-refractivity contribution in [2.75, 3.05) is 40.3 Å². The van der Waals surface area contributed by atoms with Crippen LogP contribution in [0, 0.1) is 5.92 Å². The first-order valence-electron chi connectivity index (χ1n) is 9.67. The van der Waals surface area contributed by atoms with Crippen molar-refractivity contribution in [3.63, 3.8) is 0 Å². The van der Waals surface area contributed by atoms with E-state index in [4.69, 9.17) is 17.3 Å². The summed E-state index contributed by atoms with van der Waals surface area (Å²) >= 11 is 5.94. The topological polar surface area (TPSA) is 74.0 Å². The summed E-state index contributed by atoms with van der Waals surface area (Å²) < 4.78 is 0. The Morgan fingerprint density at radius 2 is 1.93 bits per heavy atom. The SMILES string of the molecule is CN=C(NCCCCN1CCC(C(N)=O)CC1)N(C)Cc1ccc(Cl)cc1.I. The number of aliphatic imine (C=N–C) groups is 1. The lowest BCUT2D eigenvalue weighted by molar-refractivity contribution is -0.123. The predicted molar refractivity (Wildman–Crippen MR) is 127 cm³/mol. The van der Waals surface area contributed by atoms with Gasteiger partial charge in [0.25, 0.3) is 0 Å². The summed E-state index contributed by atoms with van der Waals surface area (Å²) in [5.74, 6) is 0.822. The van der Waals surface area contributed by atoms with E-state index in [0.717, 1.165) is 69.4 Å². The van der Waals surface area contributed by atoms with Gasteiger partial charge in [-0.2, -0.15) is 0 Å². The molecule has 158 valence electrons. The summed E-state index contributed by atoms with van der Waals surface area (Å²) in [6.07, 6.45) is 4.01. The summed E-state index contributed by atoms with van der Waals surface area (Å²) in [5, 5.41) is 4.18. The third-order valence-electron chi connectivity index (χ3n) is 5.08. The molecule has 3 N–H and O–H groups in total. The van der Waals surface area contributed by atoms with Crippen LogP contribution in [0.1, 0.15) is 31.2 Å². The van der Waals surface area contributed by atoms with E-state index >= 15 is 0 Å². The van der Waals surface area contributed by atoms with Crippen LogP contribution in [0.25, 0.3) is 0 Å². The third-order valence-corrected chi connectivity index (χ3v) is 5.33. The maximum absolute atomic E-state index is 11.2. The maximum atomic E-state index is 11.2. The maximum Gasteiger partial charge on any atom is 0.220 e. The van der Waals surface area contributed by atoms with Gasteiger partial charge in [0.05, 0.1) is 0 Å². The number of unbranched alkanes of at least 4 members (excludes halogenated alkanes) is 1. The van der Waals surface area contributed by atoms with Crippen LogP contribution in [-0.2, 0) is 11.3 Å². The van der Waals surface area contributed by atoms with Gasteiger partial charge in [-0.25, -0.2) is 0 Å². The number of amides is 1. The van der Waals surface area contributed by atoms with Gasteiger partial charge in [-0.3, -0.25) is 9.79 Å². The molecule has 2 rings (SSSR count). The Morgan fingerprint density at radius 1 is 1.29 bits per heavy atom. The number of nitrogens with one attached hydrogen (secondary N) is 1. The largest absolute Gasteiger partial charge is 0.369 e. The Labute approximate surface area is 190 Å². The smallest absolute Gasteiger partial charge is 0.220 e. The van der Waals surface area contributed by atoms with Gasteiger partial charge in [-0.15, -0.1) is 24.0 Å². The molecule has 1 aliphatic rings. The zero-order chi connectivity index (χ0) is 19.6. The van der Waals surface area contributed by atoms with Gasteiger partial charge in [-0.05, 0) is 63.0 Å². The number of halogens is 2. The van der Waals surface area contributed by atoms with Crippen molar-refractivity contribution in [1.29, 1.82) is 0 Å². The molecule has 1 fully saturated rings. The van der Waals surface area contributed by atoms with Gasteiger partial charge in [0.15, 0.2) is 5.96 Å². The number of piperidine rings is 1. The molecule has 0 bridgehead atoms. The first-order chi connectivity index (χ1) is 13.0. The third kappa shape index (κ3) is 8.53. The number of carbonyl (C=O) groups is 1. The van der Waals surface area contributed by atoms with Crippen LogP contribution in [0.4, 0.5) is 0 Å². The van der Waals surface area contributed by atoms with Gasteiger partial charge in [0.1, 0.15) is 0 Å². The van der Waals surface area contributed by atoms with Gasteiger partial charge in [0.2, 0.25) is 5.91 Å². The fourth-order valence-electron chi connectivity index (χ4n) is 3.42. The number of primary amides is 1. The fraction of sp³-hybridized carbons (Fsp3) is 0.600. The number of hydrogen-bond acceptors (Lipinski definition) is 3.